The number of carbonyl (C=O) groups excluding carboxylic acids is 1. The Bertz CT molecular complexity index is 722. The van der Waals surface area contributed by atoms with Crippen molar-refractivity contribution in [3.8, 4) is 0 Å². The van der Waals surface area contributed by atoms with Gasteiger partial charge < -0.3 is 10.2 Å². The normalized spacial score (nSPS) is 15.5. The molecule has 142 valence electrons. The number of benzene rings is 1. The molecule has 1 amide bonds. The van der Waals surface area contributed by atoms with Gasteiger partial charge in [0.2, 0.25) is 5.91 Å². The Morgan fingerprint density at radius 2 is 2.04 bits per heavy atom. The standard InChI is InChI=1S/C20H30N4OS/c1-3-5-6-19(25)21-9-10-23-11-13-24(14-12-23)20-22-17-8-7-16(4-2)15-18(17)26-20/h7-8,15H,3-6,9-14H2,1-2H3,(H,21,25). The number of aromatic nitrogens is 1. The smallest absolute Gasteiger partial charge is 0.220 e. The zero-order valence-corrected chi connectivity index (χ0v) is 16.8. The Kier molecular flexibility index (Phi) is 6.86. The Morgan fingerprint density at radius 3 is 2.77 bits per heavy atom. The zero-order valence-electron chi connectivity index (χ0n) is 16.0. The van der Waals surface area contributed by atoms with Crippen molar-refractivity contribution >= 4 is 32.6 Å². The Balaban J connectivity index is 1.45. The van der Waals surface area contributed by atoms with Crippen LogP contribution in [-0.4, -0.2) is 55.1 Å². The first-order valence-electron chi connectivity index (χ1n) is 9.83. The third-order valence-electron chi connectivity index (χ3n) is 5.00. The van der Waals surface area contributed by atoms with E-state index in [1.54, 1.807) is 11.3 Å². The van der Waals surface area contributed by atoms with Crippen LogP contribution in [0.5, 0.6) is 0 Å². The predicted octanol–water partition coefficient (Wildman–Crippen LogP) is 3.29. The first-order valence-corrected chi connectivity index (χ1v) is 10.6. The third-order valence-corrected chi connectivity index (χ3v) is 6.08. The van der Waals surface area contributed by atoms with Crippen LogP contribution in [0.25, 0.3) is 10.2 Å². The molecule has 1 aromatic heterocycles. The summed E-state index contributed by atoms with van der Waals surface area (Å²) >= 11 is 1.80. The van der Waals surface area contributed by atoms with Gasteiger partial charge in [0.25, 0.3) is 0 Å². The number of fused-ring (bicyclic) bond motifs is 1. The highest BCUT2D eigenvalue weighted by Crippen LogP contribution is 2.30. The second-order valence-electron chi connectivity index (χ2n) is 6.93. The maximum atomic E-state index is 11.7. The lowest BCUT2D eigenvalue weighted by Crippen LogP contribution is -2.48. The van der Waals surface area contributed by atoms with Gasteiger partial charge in [0.05, 0.1) is 10.2 Å². The predicted molar refractivity (Wildman–Crippen MR) is 110 cm³/mol. The van der Waals surface area contributed by atoms with Crippen molar-refractivity contribution < 1.29 is 4.79 Å². The summed E-state index contributed by atoms with van der Waals surface area (Å²) in [6.45, 7) is 10.1. The molecule has 0 atom stereocenters. The summed E-state index contributed by atoms with van der Waals surface area (Å²) in [5.41, 5.74) is 2.48. The van der Waals surface area contributed by atoms with Gasteiger partial charge in [-0.05, 0) is 30.5 Å². The van der Waals surface area contributed by atoms with Gasteiger partial charge in [-0.15, -0.1) is 0 Å². The number of anilines is 1. The number of aryl methyl sites for hydroxylation is 1. The zero-order chi connectivity index (χ0) is 18.4. The highest BCUT2D eigenvalue weighted by molar-refractivity contribution is 7.22. The van der Waals surface area contributed by atoms with Gasteiger partial charge in [0, 0.05) is 45.7 Å². The average Bonchev–Trinajstić information content (AvgIpc) is 3.10. The summed E-state index contributed by atoms with van der Waals surface area (Å²) in [4.78, 5) is 21.3. The lowest BCUT2D eigenvalue weighted by molar-refractivity contribution is -0.121. The number of hydrogen-bond donors (Lipinski definition) is 1. The third kappa shape index (κ3) is 4.95. The average molecular weight is 375 g/mol. The van der Waals surface area contributed by atoms with E-state index >= 15 is 0 Å². The molecule has 0 bridgehead atoms. The van der Waals surface area contributed by atoms with E-state index in [1.807, 2.05) is 0 Å². The molecule has 0 radical (unpaired) electrons. The van der Waals surface area contributed by atoms with Crippen LogP contribution in [0.2, 0.25) is 0 Å². The SMILES string of the molecule is CCCCC(=O)NCCN1CCN(c2nc3ccc(CC)cc3s2)CC1. The number of nitrogens with one attached hydrogen (secondary N) is 1. The molecule has 1 aromatic carbocycles. The van der Waals surface area contributed by atoms with Crippen molar-refractivity contribution in [1.29, 1.82) is 0 Å². The van der Waals surface area contributed by atoms with E-state index in [0.29, 0.717) is 6.42 Å². The lowest BCUT2D eigenvalue weighted by atomic mass is 10.2. The van der Waals surface area contributed by atoms with Crippen molar-refractivity contribution in [3.63, 3.8) is 0 Å². The van der Waals surface area contributed by atoms with Crippen LogP contribution in [0, 0.1) is 0 Å². The fraction of sp³-hybridized carbons (Fsp3) is 0.600. The summed E-state index contributed by atoms with van der Waals surface area (Å²) in [5.74, 6) is 0.186. The van der Waals surface area contributed by atoms with E-state index in [4.69, 9.17) is 4.98 Å². The number of thiazole rings is 1. The molecule has 1 fully saturated rings. The number of unbranched alkanes of at least 4 members (excludes halogenated alkanes) is 1. The molecule has 0 aliphatic carbocycles. The van der Waals surface area contributed by atoms with Crippen molar-refractivity contribution in [2.75, 3.05) is 44.2 Å². The number of carbonyl (C=O) groups is 1. The molecule has 6 heteroatoms. The van der Waals surface area contributed by atoms with Crippen LogP contribution in [0.3, 0.4) is 0 Å². The summed E-state index contributed by atoms with van der Waals surface area (Å²) in [6, 6.07) is 6.60. The van der Waals surface area contributed by atoms with Crippen molar-refractivity contribution in [2.45, 2.75) is 39.5 Å². The molecule has 0 saturated carbocycles. The summed E-state index contributed by atoms with van der Waals surface area (Å²) in [7, 11) is 0. The Morgan fingerprint density at radius 1 is 1.23 bits per heavy atom. The van der Waals surface area contributed by atoms with Crippen LogP contribution in [0.15, 0.2) is 18.2 Å². The van der Waals surface area contributed by atoms with Crippen LogP contribution in [0.4, 0.5) is 5.13 Å². The van der Waals surface area contributed by atoms with Gasteiger partial charge in [-0.2, -0.15) is 0 Å². The highest BCUT2D eigenvalue weighted by Gasteiger charge is 2.19. The first-order chi connectivity index (χ1) is 12.7. The first kappa shape index (κ1) is 19.1. The molecule has 1 N–H and O–H groups in total. The van der Waals surface area contributed by atoms with Crippen LogP contribution >= 0.6 is 11.3 Å². The molecule has 1 aliphatic rings. The number of amides is 1. The van der Waals surface area contributed by atoms with Gasteiger partial charge in [0.1, 0.15) is 0 Å². The quantitative estimate of drug-likeness (QED) is 0.770. The van der Waals surface area contributed by atoms with E-state index < -0.39 is 0 Å². The number of piperazine rings is 1. The molecular formula is C20H30N4OS. The van der Waals surface area contributed by atoms with Gasteiger partial charge in [-0.3, -0.25) is 9.69 Å². The number of hydrogen-bond acceptors (Lipinski definition) is 5. The van der Waals surface area contributed by atoms with Crippen LogP contribution in [-0.2, 0) is 11.2 Å². The van der Waals surface area contributed by atoms with E-state index in [2.05, 4.69) is 47.2 Å². The van der Waals surface area contributed by atoms with Crippen molar-refractivity contribution in [2.24, 2.45) is 0 Å². The topological polar surface area (TPSA) is 48.5 Å². The minimum Gasteiger partial charge on any atom is -0.355 e. The van der Waals surface area contributed by atoms with E-state index in [-0.39, 0.29) is 5.91 Å². The molecular weight excluding hydrogens is 344 g/mol. The second kappa shape index (κ2) is 9.33. The van der Waals surface area contributed by atoms with E-state index in [0.717, 1.165) is 69.2 Å². The fourth-order valence-corrected chi connectivity index (χ4v) is 4.33. The second-order valence-corrected chi connectivity index (χ2v) is 7.94. The summed E-state index contributed by atoms with van der Waals surface area (Å²) < 4.78 is 1.29. The Hall–Kier alpha value is -1.66. The molecule has 2 aromatic rings. The van der Waals surface area contributed by atoms with Crippen molar-refractivity contribution in [3.05, 3.63) is 23.8 Å². The minimum absolute atomic E-state index is 0.186. The van der Waals surface area contributed by atoms with Crippen molar-refractivity contribution in [1.82, 2.24) is 15.2 Å². The minimum atomic E-state index is 0.186. The molecule has 2 heterocycles. The van der Waals surface area contributed by atoms with Gasteiger partial charge in [0.15, 0.2) is 5.13 Å². The molecule has 26 heavy (non-hydrogen) atoms. The summed E-state index contributed by atoms with van der Waals surface area (Å²) in [5, 5.41) is 4.17. The highest BCUT2D eigenvalue weighted by atomic mass is 32.1. The molecule has 5 nitrogen and oxygen atoms in total. The fourth-order valence-electron chi connectivity index (χ4n) is 3.25. The molecule has 0 unspecified atom stereocenters. The number of nitrogens with zero attached hydrogens (tertiary/aromatic N) is 3. The van der Waals surface area contributed by atoms with Gasteiger partial charge >= 0.3 is 0 Å². The maximum Gasteiger partial charge on any atom is 0.220 e. The van der Waals surface area contributed by atoms with E-state index in [1.165, 1.54) is 10.3 Å². The number of rotatable bonds is 8. The van der Waals surface area contributed by atoms with E-state index in [9.17, 15) is 4.79 Å². The molecule has 3 rings (SSSR count). The van der Waals surface area contributed by atoms with Crippen LogP contribution < -0.4 is 10.2 Å². The summed E-state index contributed by atoms with van der Waals surface area (Å²) in [6.07, 6.45) is 3.77. The maximum absolute atomic E-state index is 11.7. The van der Waals surface area contributed by atoms with Crippen LogP contribution in [0.1, 0.15) is 38.7 Å². The largest absolute Gasteiger partial charge is 0.355 e. The lowest BCUT2D eigenvalue weighted by Gasteiger charge is -2.34. The monoisotopic (exact) mass is 374 g/mol. The molecule has 0 spiro atoms. The Labute approximate surface area is 160 Å². The van der Waals surface area contributed by atoms with Gasteiger partial charge in [-0.25, -0.2) is 4.98 Å². The molecule has 1 saturated heterocycles. The molecule has 1 aliphatic heterocycles. The van der Waals surface area contributed by atoms with Gasteiger partial charge in [-0.1, -0.05) is 37.7 Å².